The highest BCUT2D eigenvalue weighted by molar-refractivity contribution is 7.09. The van der Waals surface area contributed by atoms with Crippen molar-refractivity contribution in [2.24, 2.45) is 0 Å². The first-order valence-corrected chi connectivity index (χ1v) is 8.53. The largest absolute Gasteiger partial charge is 0.381 e. The number of nitrogens with zero attached hydrogens (tertiary/aromatic N) is 1. The van der Waals surface area contributed by atoms with E-state index < -0.39 is 0 Å². The van der Waals surface area contributed by atoms with Crippen LogP contribution >= 0.6 is 11.3 Å². The maximum Gasteiger partial charge on any atom is 0.113 e. The minimum Gasteiger partial charge on any atom is -0.381 e. The molecule has 0 unspecified atom stereocenters. The lowest BCUT2D eigenvalue weighted by molar-refractivity contribution is 0.0407. The van der Waals surface area contributed by atoms with Crippen LogP contribution in [0.3, 0.4) is 0 Å². The number of hydrogen-bond acceptors (Lipinski definition) is 4. The van der Waals surface area contributed by atoms with Crippen LogP contribution < -0.4 is 5.32 Å². The van der Waals surface area contributed by atoms with Crippen molar-refractivity contribution in [1.29, 1.82) is 0 Å². The molecular formula is C16H28N2OS. The van der Waals surface area contributed by atoms with Crippen molar-refractivity contribution in [1.82, 2.24) is 10.3 Å². The number of rotatable bonds is 4. The zero-order valence-corrected chi connectivity index (χ0v) is 14.3. The predicted molar refractivity (Wildman–Crippen MR) is 85.4 cm³/mol. The third kappa shape index (κ3) is 3.23. The van der Waals surface area contributed by atoms with Crippen LogP contribution in [-0.2, 0) is 15.7 Å². The molecule has 4 heteroatoms. The van der Waals surface area contributed by atoms with Gasteiger partial charge in [-0.15, -0.1) is 11.3 Å². The van der Waals surface area contributed by atoms with Crippen molar-refractivity contribution >= 4 is 11.3 Å². The third-order valence-electron chi connectivity index (χ3n) is 4.32. The summed E-state index contributed by atoms with van der Waals surface area (Å²) in [5.41, 5.74) is 1.41. The highest BCUT2D eigenvalue weighted by atomic mass is 32.1. The monoisotopic (exact) mass is 296 g/mol. The summed E-state index contributed by atoms with van der Waals surface area (Å²) in [5, 5.41) is 7.21. The molecule has 3 nitrogen and oxygen atoms in total. The fourth-order valence-corrected chi connectivity index (χ4v) is 4.24. The van der Waals surface area contributed by atoms with Gasteiger partial charge in [-0.1, -0.05) is 27.7 Å². The average molecular weight is 296 g/mol. The molecule has 1 aromatic rings. The van der Waals surface area contributed by atoms with E-state index in [4.69, 9.17) is 9.72 Å². The van der Waals surface area contributed by atoms with Crippen LogP contribution in [0.15, 0.2) is 5.38 Å². The third-order valence-corrected chi connectivity index (χ3v) is 5.36. The van der Waals surface area contributed by atoms with Crippen molar-refractivity contribution in [2.45, 2.75) is 70.4 Å². The number of hydrogen-bond donors (Lipinski definition) is 1. The number of nitrogens with one attached hydrogen (secondary N) is 1. The SMILES string of the molecule is CCNC1(c2nc(C(C)(C)C)cs2)CCC(OC)CC1. The summed E-state index contributed by atoms with van der Waals surface area (Å²) >= 11 is 1.82. The van der Waals surface area contributed by atoms with E-state index in [0.29, 0.717) is 6.10 Å². The molecule has 0 bridgehead atoms. The fraction of sp³-hybridized carbons (Fsp3) is 0.812. The molecule has 1 N–H and O–H groups in total. The van der Waals surface area contributed by atoms with Gasteiger partial charge in [0.05, 0.1) is 17.3 Å². The fourth-order valence-electron chi connectivity index (χ4n) is 2.96. The smallest absolute Gasteiger partial charge is 0.113 e. The number of thiazole rings is 1. The highest BCUT2D eigenvalue weighted by Gasteiger charge is 2.39. The summed E-state index contributed by atoms with van der Waals surface area (Å²) < 4.78 is 5.51. The first-order valence-electron chi connectivity index (χ1n) is 7.65. The van der Waals surface area contributed by atoms with Gasteiger partial charge in [0, 0.05) is 17.9 Å². The first-order chi connectivity index (χ1) is 9.41. The maximum atomic E-state index is 5.51. The quantitative estimate of drug-likeness (QED) is 0.917. The van der Waals surface area contributed by atoms with Gasteiger partial charge < -0.3 is 10.1 Å². The second kappa shape index (κ2) is 6.12. The zero-order valence-electron chi connectivity index (χ0n) is 13.5. The molecule has 1 saturated carbocycles. The van der Waals surface area contributed by atoms with E-state index in [1.807, 2.05) is 18.4 Å². The molecule has 114 valence electrons. The molecule has 1 fully saturated rings. The Labute approximate surface area is 127 Å². The van der Waals surface area contributed by atoms with Crippen LogP contribution in [-0.4, -0.2) is 24.7 Å². The van der Waals surface area contributed by atoms with Gasteiger partial charge in [-0.2, -0.15) is 0 Å². The Hall–Kier alpha value is -0.450. The van der Waals surface area contributed by atoms with Gasteiger partial charge in [0.2, 0.25) is 0 Å². The highest BCUT2D eigenvalue weighted by Crippen LogP contribution is 2.40. The van der Waals surface area contributed by atoms with Gasteiger partial charge in [0.1, 0.15) is 5.01 Å². The zero-order chi connectivity index (χ0) is 14.8. The summed E-state index contributed by atoms with van der Waals surface area (Å²) in [6.07, 6.45) is 4.90. The maximum absolute atomic E-state index is 5.51. The molecular weight excluding hydrogens is 268 g/mol. The second-order valence-electron chi connectivity index (χ2n) is 6.84. The molecule has 0 spiro atoms. The lowest BCUT2D eigenvalue weighted by atomic mass is 9.80. The van der Waals surface area contributed by atoms with Crippen LogP contribution in [0.1, 0.15) is 64.1 Å². The van der Waals surface area contributed by atoms with E-state index in [2.05, 4.69) is 38.4 Å². The standard InChI is InChI=1S/C16H28N2OS/c1-6-17-16(9-7-12(19-5)8-10-16)14-18-13(11-20-14)15(2,3)4/h11-12,17H,6-10H2,1-5H3. The van der Waals surface area contributed by atoms with E-state index in [1.165, 1.54) is 10.7 Å². The summed E-state index contributed by atoms with van der Waals surface area (Å²) in [5.74, 6) is 0. The minimum atomic E-state index is 0.0674. The lowest BCUT2D eigenvalue weighted by Crippen LogP contribution is -2.46. The van der Waals surface area contributed by atoms with E-state index >= 15 is 0 Å². The molecule has 0 amide bonds. The van der Waals surface area contributed by atoms with E-state index in [0.717, 1.165) is 32.2 Å². The molecule has 1 aliphatic carbocycles. The molecule has 20 heavy (non-hydrogen) atoms. The van der Waals surface area contributed by atoms with Crippen molar-refractivity contribution in [3.63, 3.8) is 0 Å². The molecule has 0 atom stereocenters. The summed E-state index contributed by atoms with van der Waals surface area (Å²) in [4.78, 5) is 4.96. The van der Waals surface area contributed by atoms with E-state index in [-0.39, 0.29) is 11.0 Å². The Kier molecular flexibility index (Phi) is 4.88. The van der Waals surface area contributed by atoms with Gasteiger partial charge in [0.15, 0.2) is 0 Å². The van der Waals surface area contributed by atoms with Gasteiger partial charge in [-0.05, 0) is 32.2 Å². The van der Waals surface area contributed by atoms with Crippen LogP contribution in [0.2, 0.25) is 0 Å². The van der Waals surface area contributed by atoms with Crippen molar-refractivity contribution in [2.75, 3.05) is 13.7 Å². The van der Waals surface area contributed by atoms with Gasteiger partial charge >= 0.3 is 0 Å². The van der Waals surface area contributed by atoms with Crippen molar-refractivity contribution < 1.29 is 4.74 Å². The van der Waals surface area contributed by atoms with Crippen LogP contribution in [0.25, 0.3) is 0 Å². The van der Waals surface area contributed by atoms with Gasteiger partial charge in [-0.3, -0.25) is 0 Å². The molecule has 1 heterocycles. The number of methoxy groups -OCH3 is 1. The Balaban J connectivity index is 2.23. The minimum absolute atomic E-state index is 0.0674. The summed E-state index contributed by atoms with van der Waals surface area (Å²) in [6.45, 7) is 9.86. The molecule has 2 rings (SSSR count). The normalized spacial score (nSPS) is 27.8. The molecule has 0 aliphatic heterocycles. The second-order valence-corrected chi connectivity index (χ2v) is 7.69. The van der Waals surface area contributed by atoms with Crippen LogP contribution in [0, 0.1) is 0 Å². The average Bonchev–Trinajstić information content (AvgIpc) is 2.90. The number of ether oxygens (including phenoxy) is 1. The number of aromatic nitrogens is 1. The molecule has 1 aliphatic rings. The lowest BCUT2D eigenvalue weighted by Gasteiger charge is -2.39. The van der Waals surface area contributed by atoms with Gasteiger partial charge in [-0.25, -0.2) is 4.98 Å². The molecule has 1 aromatic heterocycles. The van der Waals surface area contributed by atoms with E-state index in [1.54, 1.807) is 0 Å². The van der Waals surface area contributed by atoms with Crippen molar-refractivity contribution in [3.8, 4) is 0 Å². The van der Waals surface area contributed by atoms with Crippen LogP contribution in [0.5, 0.6) is 0 Å². The van der Waals surface area contributed by atoms with Crippen LogP contribution in [0.4, 0.5) is 0 Å². The Morgan fingerprint density at radius 2 is 2.05 bits per heavy atom. The summed E-state index contributed by atoms with van der Waals surface area (Å²) in [7, 11) is 1.83. The van der Waals surface area contributed by atoms with Crippen molar-refractivity contribution in [3.05, 3.63) is 16.1 Å². The summed E-state index contributed by atoms with van der Waals surface area (Å²) in [6, 6.07) is 0. The Bertz CT molecular complexity index is 428. The molecule has 0 saturated heterocycles. The Morgan fingerprint density at radius 1 is 1.40 bits per heavy atom. The van der Waals surface area contributed by atoms with Gasteiger partial charge in [0.25, 0.3) is 0 Å². The van der Waals surface area contributed by atoms with E-state index in [9.17, 15) is 0 Å². The Morgan fingerprint density at radius 3 is 2.50 bits per heavy atom. The molecule has 0 aromatic carbocycles. The molecule has 0 radical (unpaired) electrons. The topological polar surface area (TPSA) is 34.2 Å². The first kappa shape index (κ1) is 15.9. The predicted octanol–water partition coefficient (Wildman–Crippen LogP) is 3.83.